The topological polar surface area (TPSA) is 0 Å². The molecule has 2 aromatic rings. The van der Waals surface area contributed by atoms with Crippen molar-refractivity contribution in [3.05, 3.63) is 77.9 Å². The first kappa shape index (κ1) is 11.8. The molecule has 0 aliphatic carbocycles. The van der Waals surface area contributed by atoms with Gasteiger partial charge in [0.1, 0.15) is 0 Å². The second-order valence-corrected chi connectivity index (χ2v) is 4.78. The van der Waals surface area contributed by atoms with E-state index in [1.165, 1.54) is 0 Å². The largest absolute Gasteiger partial charge is 0.322 e. The minimum Gasteiger partial charge on any atom is -0.322 e. The van der Waals surface area contributed by atoms with Crippen LogP contribution in [0.2, 0.25) is 6.04 Å². The number of hydrogen-bond donors (Lipinski definition) is 0. The van der Waals surface area contributed by atoms with Gasteiger partial charge in [0.05, 0.1) is 0 Å². The lowest BCUT2D eigenvalue weighted by Crippen LogP contribution is -1.88. The van der Waals surface area contributed by atoms with Gasteiger partial charge >= 0.3 is 0 Å². The van der Waals surface area contributed by atoms with Crippen molar-refractivity contribution in [2.45, 2.75) is 6.04 Å². The zero-order chi connectivity index (χ0) is 11.9. The van der Waals surface area contributed by atoms with Gasteiger partial charge in [0, 0.05) is 0 Å². The van der Waals surface area contributed by atoms with E-state index in [4.69, 9.17) is 0 Å². The van der Waals surface area contributed by atoms with E-state index in [0.29, 0.717) is 6.04 Å². The Bertz CT molecular complexity index is 435. The van der Waals surface area contributed by atoms with Gasteiger partial charge in [-0.15, -0.1) is 0 Å². The molecular formula is C15H15FSi. The van der Waals surface area contributed by atoms with Crippen molar-refractivity contribution in [3.8, 4) is 0 Å². The van der Waals surface area contributed by atoms with Gasteiger partial charge in [-0.05, 0) is 22.7 Å². The predicted molar refractivity (Wildman–Crippen MR) is 74.4 cm³/mol. The van der Waals surface area contributed by atoms with E-state index in [0.717, 1.165) is 16.7 Å². The van der Waals surface area contributed by atoms with Gasteiger partial charge in [-0.3, -0.25) is 0 Å². The third kappa shape index (κ3) is 3.14. The maximum atomic E-state index is 12.5. The molecule has 0 bridgehead atoms. The Kier molecular flexibility index (Phi) is 4.28. The number of allylic oxidation sites excluding steroid dienone is 1. The maximum absolute atomic E-state index is 12.5. The second-order valence-electron chi connectivity index (χ2n) is 3.83. The minimum absolute atomic E-state index is 0.596. The highest BCUT2D eigenvalue weighted by molar-refractivity contribution is 6.27. The molecule has 0 saturated heterocycles. The van der Waals surface area contributed by atoms with Gasteiger partial charge in [-0.2, -0.15) is 0 Å². The van der Waals surface area contributed by atoms with Crippen LogP contribution in [-0.4, -0.2) is 9.85 Å². The normalized spacial score (nSPS) is 10.6. The van der Waals surface area contributed by atoms with Crippen molar-refractivity contribution >= 4 is 15.4 Å². The lowest BCUT2D eigenvalue weighted by molar-refractivity contribution is 0.869. The van der Waals surface area contributed by atoms with Crippen LogP contribution in [0.1, 0.15) is 11.1 Å². The molecule has 2 rings (SSSR count). The fourth-order valence-electron chi connectivity index (χ4n) is 1.84. The van der Waals surface area contributed by atoms with Crippen LogP contribution in [-0.2, 0) is 0 Å². The molecule has 0 fully saturated rings. The summed E-state index contributed by atoms with van der Waals surface area (Å²) >= 11 is 0. The zero-order valence-corrected chi connectivity index (χ0v) is 11.1. The van der Waals surface area contributed by atoms with Crippen LogP contribution in [0.15, 0.2) is 66.7 Å². The summed E-state index contributed by atoms with van der Waals surface area (Å²) in [4.78, 5) is 0. The van der Waals surface area contributed by atoms with Gasteiger partial charge in [0.2, 0.25) is 9.85 Å². The number of hydrogen-bond acceptors (Lipinski definition) is 0. The van der Waals surface area contributed by atoms with Gasteiger partial charge in [-0.1, -0.05) is 66.7 Å². The summed E-state index contributed by atoms with van der Waals surface area (Å²) in [6, 6.07) is 20.9. The molecule has 0 radical (unpaired) electrons. The Hall–Kier alpha value is -1.67. The third-order valence-corrected chi connectivity index (χ3v) is 3.13. The average molecular weight is 242 g/mol. The Morgan fingerprint density at radius 3 is 1.76 bits per heavy atom. The molecule has 0 aliphatic heterocycles. The Morgan fingerprint density at radius 2 is 1.35 bits per heavy atom. The fourth-order valence-corrected chi connectivity index (χ4v) is 2.23. The van der Waals surface area contributed by atoms with E-state index < -0.39 is 9.85 Å². The fraction of sp³-hybridized carbons (Fsp3) is 0.0667. The maximum Gasteiger partial charge on any atom is 0.220 e. The smallest absolute Gasteiger partial charge is 0.220 e. The Labute approximate surface area is 104 Å². The predicted octanol–water partition coefficient (Wildman–Crippen LogP) is 3.59. The molecule has 2 heteroatoms. The van der Waals surface area contributed by atoms with Crippen molar-refractivity contribution in [1.29, 1.82) is 0 Å². The summed E-state index contributed by atoms with van der Waals surface area (Å²) in [5.74, 6) is 0. The standard InChI is InChI=1S/C15H15FSi/c16-17-12-11-15(13-7-3-1-4-8-13)14-9-5-2-6-10-14/h1-11H,12,17H2. The highest BCUT2D eigenvalue weighted by Crippen LogP contribution is 2.23. The second kappa shape index (κ2) is 6.16. The molecule has 0 saturated carbocycles. The van der Waals surface area contributed by atoms with E-state index in [1.807, 2.05) is 42.5 Å². The lowest BCUT2D eigenvalue weighted by Gasteiger charge is -2.08. The van der Waals surface area contributed by atoms with E-state index in [1.54, 1.807) is 0 Å². The molecule has 0 aliphatic rings. The minimum atomic E-state index is -1.41. The molecule has 17 heavy (non-hydrogen) atoms. The van der Waals surface area contributed by atoms with Gasteiger partial charge < -0.3 is 4.11 Å². The average Bonchev–Trinajstić information content (AvgIpc) is 2.42. The molecule has 0 aromatic heterocycles. The molecule has 0 spiro atoms. The van der Waals surface area contributed by atoms with Crippen LogP contribution >= 0.6 is 0 Å². The summed E-state index contributed by atoms with van der Waals surface area (Å²) in [5.41, 5.74) is 3.44. The first-order valence-electron chi connectivity index (χ1n) is 5.79. The van der Waals surface area contributed by atoms with Crippen molar-refractivity contribution in [2.75, 3.05) is 0 Å². The molecule has 86 valence electrons. The van der Waals surface area contributed by atoms with Crippen molar-refractivity contribution < 1.29 is 4.11 Å². The quantitative estimate of drug-likeness (QED) is 0.568. The summed E-state index contributed by atoms with van der Waals surface area (Å²) in [6.07, 6.45) is 2.02. The number of halogens is 1. The molecule has 0 N–H and O–H groups in total. The van der Waals surface area contributed by atoms with Gasteiger partial charge in [0.15, 0.2) is 0 Å². The van der Waals surface area contributed by atoms with Crippen LogP contribution in [0.4, 0.5) is 4.11 Å². The summed E-state index contributed by atoms with van der Waals surface area (Å²) < 4.78 is 12.5. The van der Waals surface area contributed by atoms with Crippen molar-refractivity contribution in [2.24, 2.45) is 0 Å². The highest BCUT2D eigenvalue weighted by Gasteiger charge is 2.03. The summed E-state index contributed by atoms with van der Waals surface area (Å²) in [5, 5.41) is 0. The van der Waals surface area contributed by atoms with E-state index in [-0.39, 0.29) is 0 Å². The first-order valence-corrected chi connectivity index (χ1v) is 7.32. The Balaban J connectivity index is 2.40. The zero-order valence-electron chi connectivity index (χ0n) is 9.64. The SMILES string of the molecule is F[SiH2]CC=C(c1ccccc1)c1ccccc1. The van der Waals surface area contributed by atoms with Crippen LogP contribution in [0, 0.1) is 0 Å². The molecule has 0 heterocycles. The van der Waals surface area contributed by atoms with Crippen LogP contribution < -0.4 is 0 Å². The molecule has 0 atom stereocenters. The first-order chi connectivity index (χ1) is 8.42. The van der Waals surface area contributed by atoms with Crippen LogP contribution in [0.5, 0.6) is 0 Å². The molecule has 0 nitrogen and oxygen atoms in total. The number of benzene rings is 2. The van der Waals surface area contributed by atoms with Gasteiger partial charge in [-0.25, -0.2) is 0 Å². The van der Waals surface area contributed by atoms with E-state index >= 15 is 0 Å². The third-order valence-electron chi connectivity index (χ3n) is 2.63. The van der Waals surface area contributed by atoms with Crippen LogP contribution in [0.25, 0.3) is 5.57 Å². The van der Waals surface area contributed by atoms with Crippen molar-refractivity contribution in [1.82, 2.24) is 0 Å². The lowest BCUT2D eigenvalue weighted by atomic mass is 9.98. The molecule has 0 amide bonds. The van der Waals surface area contributed by atoms with Crippen LogP contribution in [0.3, 0.4) is 0 Å². The summed E-state index contributed by atoms with van der Waals surface area (Å²) in [7, 11) is -1.41. The van der Waals surface area contributed by atoms with E-state index in [2.05, 4.69) is 24.3 Å². The molecule has 0 unspecified atom stereocenters. The number of rotatable bonds is 4. The Morgan fingerprint density at radius 1 is 0.882 bits per heavy atom. The molecule has 2 aromatic carbocycles. The van der Waals surface area contributed by atoms with Gasteiger partial charge in [0.25, 0.3) is 0 Å². The van der Waals surface area contributed by atoms with Crippen molar-refractivity contribution in [3.63, 3.8) is 0 Å². The molecular weight excluding hydrogens is 227 g/mol. The summed E-state index contributed by atoms with van der Waals surface area (Å²) in [6.45, 7) is 0. The highest BCUT2D eigenvalue weighted by atomic mass is 28.3. The monoisotopic (exact) mass is 242 g/mol. The van der Waals surface area contributed by atoms with E-state index in [9.17, 15) is 4.11 Å².